The number of fused-ring (bicyclic) bond motifs is 5. The Balaban J connectivity index is 1.88. The zero-order valence-electron chi connectivity index (χ0n) is 20.3. The fourth-order valence-corrected chi connectivity index (χ4v) is 5.30. The van der Waals surface area contributed by atoms with Crippen LogP contribution in [0.5, 0.6) is 11.5 Å². The molecule has 37 heavy (non-hydrogen) atoms. The SMILES string of the molecule is COc1cccc([C@H]2Nc3ccccc3-n3c(-c4ccccc4F)c4c(=O)n(C)c(=O)n(C)c4c32)c1O. The zero-order valence-corrected chi connectivity index (χ0v) is 20.3. The Bertz CT molecular complexity index is 1850. The number of aryl methyl sites for hydroxylation is 1. The first-order valence-electron chi connectivity index (χ1n) is 11.7. The molecule has 0 spiro atoms. The van der Waals surface area contributed by atoms with Crippen molar-refractivity contribution in [3.05, 3.63) is 105 Å². The molecule has 3 aromatic carbocycles. The van der Waals surface area contributed by atoms with E-state index in [9.17, 15) is 14.7 Å². The van der Waals surface area contributed by atoms with Gasteiger partial charge in [0.25, 0.3) is 5.56 Å². The lowest BCUT2D eigenvalue weighted by Crippen LogP contribution is -2.37. The number of para-hydroxylation sites is 3. The summed E-state index contributed by atoms with van der Waals surface area (Å²) >= 11 is 0. The summed E-state index contributed by atoms with van der Waals surface area (Å²) in [7, 11) is 4.45. The minimum absolute atomic E-state index is 0.0796. The quantitative estimate of drug-likeness (QED) is 0.392. The van der Waals surface area contributed by atoms with Crippen LogP contribution in [0.25, 0.3) is 27.8 Å². The van der Waals surface area contributed by atoms with Crippen molar-refractivity contribution in [1.29, 1.82) is 0 Å². The molecular formula is C28H23FN4O4. The average molecular weight is 499 g/mol. The summed E-state index contributed by atoms with van der Waals surface area (Å²) in [6.07, 6.45) is 0. The van der Waals surface area contributed by atoms with Crippen LogP contribution < -0.4 is 21.3 Å². The molecule has 2 aromatic heterocycles. The van der Waals surface area contributed by atoms with Gasteiger partial charge in [-0.2, -0.15) is 0 Å². The molecule has 0 amide bonds. The second-order valence-electron chi connectivity index (χ2n) is 8.97. The zero-order chi connectivity index (χ0) is 26.0. The average Bonchev–Trinajstić information content (AvgIpc) is 3.27. The predicted molar refractivity (Wildman–Crippen MR) is 139 cm³/mol. The van der Waals surface area contributed by atoms with Crippen molar-refractivity contribution < 1.29 is 14.2 Å². The van der Waals surface area contributed by atoms with Gasteiger partial charge in [-0.1, -0.05) is 36.4 Å². The molecule has 0 radical (unpaired) electrons. The van der Waals surface area contributed by atoms with Crippen molar-refractivity contribution >= 4 is 16.6 Å². The molecule has 6 rings (SSSR count). The van der Waals surface area contributed by atoms with Crippen LogP contribution in [0.15, 0.2) is 76.3 Å². The minimum atomic E-state index is -0.703. The molecule has 0 fully saturated rings. The molecule has 0 unspecified atom stereocenters. The first-order chi connectivity index (χ1) is 17.8. The maximum absolute atomic E-state index is 15.4. The highest BCUT2D eigenvalue weighted by atomic mass is 19.1. The van der Waals surface area contributed by atoms with Crippen LogP contribution in [-0.2, 0) is 14.1 Å². The van der Waals surface area contributed by atoms with Gasteiger partial charge in [0.15, 0.2) is 11.5 Å². The maximum Gasteiger partial charge on any atom is 0.331 e. The number of aromatic hydroxyl groups is 1. The van der Waals surface area contributed by atoms with E-state index in [0.29, 0.717) is 33.8 Å². The van der Waals surface area contributed by atoms with Crippen LogP contribution >= 0.6 is 0 Å². The summed E-state index contributed by atoms with van der Waals surface area (Å²) in [4.78, 5) is 26.8. The number of nitrogens with one attached hydrogen (secondary N) is 1. The van der Waals surface area contributed by atoms with Crippen LogP contribution in [0.3, 0.4) is 0 Å². The number of hydrogen-bond acceptors (Lipinski definition) is 5. The number of methoxy groups -OCH3 is 1. The molecule has 186 valence electrons. The van der Waals surface area contributed by atoms with Gasteiger partial charge in [-0.3, -0.25) is 13.9 Å². The Morgan fingerprint density at radius 1 is 0.946 bits per heavy atom. The van der Waals surface area contributed by atoms with Gasteiger partial charge in [0.2, 0.25) is 0 Å². The van der Waals surface area contributed by atoms with E-state index in [1.165, 1.54) is 24.8 Å². The predicted octanol–water partition coefficient (Wildman–Crippen LogP) is 4.06. The Morgan fingerprint density at radius 2 is 1.68 bits per heavy atom. The first kappa shape index (κ1) is 22.7. The molecule has 8 nitrogen and oxygen atoms in total. The smallest absolute Gasteiger partial charge is 0.331 e. The van der Waals surface area contributed by atoms with E-state index < -0.39 is 23.1 Å². The second kappa shape index (κ2) is 8.12. The molecule has 0 saturated carbocycles. The minimum Gasteiger partial charge on any atom is -0.504 e. The highest BCUT2D eigenvalue weighted by Crippen LogP contribution is 2.48. The number of anilines is 1. The standard InChI is InChI=1S/C28H23FN4O4/c1-31-24-21(27(35)32(2)28(31)36)23(15-9-4-5-11-17(15)29)33-19-13-7-6-12-18(19)30-22(25(24)33)16-10-8-14-20(37-3)26(16)34/h4-14,22,30,34H,1-3H3/t22-/m1/s1. The van der Waals surface area contributed by atoms with Crippen LogP contribution in [0.4, 0.5) is 10.1 Å². The second-order valence-corrected chi connectivity index (χ2v) is 8.97. The molecule has 0 bridgehead atoms. The highest BCUT2D eigenvalue weighted by Gasteiger charge is 2.36. The summed E-state index contributed by atoms with van der Waals surface area (Å²) in [6, 6.07) is 18.1. The fourth-order valence-electron chi connectivity index (χ4n) is 5.30. The summed E-state index contributed by atoms with van der Waals surface area (Å²) in [6.45, 7) is 0. The van der Waals surface area contributed by atoms with Gasteiger partial charge in [-0.25, -0.2) is 9.18 Å². The number of phenols is 1. The van der Waals surface area contributed by atoms with E-state index in [-0.39, 0.29) is 22.4 Å². The number of ether oxygens (including phenoxy) is 1. The Labute approximate surface area is 210 Å². The van der Waals surface area contributed by atoms with Gasteiger partial charge in [-0.15, -0.1) is 0 Å². The van der Waals surface area contributed by atoms with Crippen molar-refractivity contribution in [2.75, 3.05) is 12.4 Å². The molecule has 0 aliphatic carbocycles. The van der Waals surface area contributed by atoms with Gasteiger partial charge < -0.3 is 19.7 Å². The summed E-state index contributed by atoms with van der Waals surface area (Å²) in [5, 5.41) is 14.8. The van der Waals surface area contributed by atoms with E-state index in [2.05, 4.69) is 5.32 Å². The summed E-state index contributed by atoms with van der Waals surface area (Å²) in [5.74, 6) is -0.304. The number of hydrogen-bond donors (Lipinski definition) is 2. The first-order valence-corrected chi connectivity index (χ1v) is 11.7. The molecule has 0 saturated heterocycles. The highest BCUT2D eigenvalue weighted by molar-refractivity contribution is 5.99. The molecule has 2 N–H and O–H groups in total. The lowest BCUT2D eigenvalue weighted by molar-refractivity contribution is 0.370. The van der Waals surface area contributed by atoms with Crippen LogP contribution in [0.2, 0.25) is 0 Å². The number of aromatic nitrogens is 3. The van der Waals surface area contributed by atoms with E-state index >= 15 is 4.39 Å². The van der Waals surface area contributed by atoms with Gasteiger partial charge in [0.1, 0.15) is 5.82 Å². The van der Waals surface area contributed by atoms with Crippen molar-refractivity contribution in [2.45, 2.75) is 6.04 Å². The topological polar surface area (TPSA) is 90.4 Å². The van der Waals surface area contributed by atoms with E-state index in [0.717, 1.165) is 4.57 Å². The van der Waals surface area contributed by atoms with Gasteiger partial charge in [0.05, 0.1) is 46.8 Å². The van der Waals surface area contributed by atoms with E-state index in [1.807, 2.05) is 28.8 Å². The van der Waals surface area contributed by atoms with Crippen LogP contribution in [-0.4, -0.2) is 25.9 Å². The normalized spacial score (nSPS) is 14.2. The van der Waals surface area contributed by atoms with Gasteiger partial charge in [0, 0.05) is 25.2 Å². The number of benzene rings is 3. The Kier molecular flexibility index (Phi) is 4.98. The monoisotopic (exact) mass is 498 g/mol. The summed E-state index contributed by atoms with van der Waals surface area (Å²) in [5.41, 5.74) is 2.24. The third-order valence-corrected chi connectivity index (χ3v) is 7.02. The molecular weight excluding hydrogens is 475 g/mol. The van der Waals surface area contributed by atoms with Crippen LogP contribution in [0.1, 0.15) is 17.3 Å². The Hall–Kier alpha value is -4.79. The number of halogens is 1. The lowest BCUT2D eigenvalue weighted by Gasteiger charge is -2.31. The lowest BCUT2D eigenvalue weighted by atomic mass is 9.98. The van der Waals surface area contributed by atoms with Gasteiger partial charge >= 0.3 is 5.69 Å². The number of rotatable bonds is 3. The molecule has 5 aromatic rings. The molecule has 1 atom stereocenters. The van der Waals surface area contributed by atoms with Crippen LogP contribution in [0, 0.1) is 5.82 Å². The van der Waals surface area contributed by atoms with Crippen molar-refractivity contribution in [3.63, 3.8) is 0 Å². The largest absolute Gasteiger partial charge is 0.504 e. The molecule has 3 heterocycles. The number of nitrogens with zero attached hydrogens (tertiary/aromatic N) is 3. The Morgan fingerprint density at radius 3 is 2.43 bits per heavy atom. The summed E-state index contributed by atoms with van der Waals surface area (Å²) < 4.78 is 24.9. The maximum atomic E-state index is 15.4. The molecule has 9 heteroatoms. The third-order valence-electron chi connectivity index (χ3n) is 7.02. The fraction of sp³-hybridized carbons (Fsp3) is 0.143. The third kappa shape index (κ3) is 3.07. The van der Waals surface area contributed by atoms with E-state index in [4.69, 9.17) is 4.74 Å². The van der Waals surface area contributed by atoms with Crippen molar-refractivity contribution in [1.82, 2.24) is 13.7 Å². The van der Waals surface area contributed by atoms with Crippen molar-refractivity contribution in [2.24, 2.45) is 14.1 Å². The number of phenolic OH excluding ortho intramolecular Hbond substituents is 1. The molecule has 1 aliphatic heterocycles. The van der Waals surface area contributed by atoms with E-state index in [1.54, 1.807) is 43.4 Å². The molecule has 1 aliphatic rings. The van der Waals surface area contributed by atoms with Crippen molar-refractivity contribution in [3.8, 4) is 28.4 Å². The van der Waals surface area contributed by atoms with Gasteiger partial charge in [-0.05, 0) is 30.3 Å².